The number of benzene rings is 2. The van der Waals surface area contributed by atoms with E-state index < -0.39 is 10.0 Å². The molecule has 0 aliphatic rings. The van der Waals surface area contributed by atoms with Crippen molar-refractivity contribution in [3.05, 3.63) is 64.9 Å². The summed E-state index contributed by atoms with van der Waals surface area (Å²) in [5, 5.41) is 4.07. The molecule has 1 heterocycles. The van der Waals surface area contributed by atoms with Crippen molar-refractivity contribution < 1.29 is 13.2 Å². The normalized spacial score (nSPS) is 11.3. The van der Waals surface area contributed by atoms with Gasteiger partial charge in [0, 0.05) is 7.05 Å². The summed E-state index contributed by atoms with van der Waals surface area (Å²) in [6.07, 6.45) is 0. The molecule has 0 atom stereocenters. The Bertz CT molecular complexity index is 962. The summed E-state index contributed by atoms with van der Waals surface area (Å²) in [7, 11) is -0.514. The lowest BCUT2D eigenvalue weighted by molar-refractivity contribution is 0.414. The van der Waals surface area contributed by atoms with Crippen LogP contribution in [0.5, 0.6) is 5.75 Å². The smallest absolute Gasteiger partial charge is 0.264 e. The molecule has 0 bridgehead atoms. The molecule has 130 valence electrons. The third-order valence-corrected chi connectivity index (χ3v) is 6.62. The van der Waals surface area contributed by atoms with Crippen molar-refractivity contribution in [1.82, 2.24) is 0 Å². The number of hydrogen-bond donors (Lipinski definition) is 0. The van der Waals surface area contributed by atoms with Gasteiger partial charge in [0.15, 0.2) is 0 Å². The fourth-order valence-electron chi connectivity index (χ4n) is 2.58. The quantitative estimate of drug-likeness (QED) is 0.659. The van der Waals surface area contributed by atoms with Gasteiger partial charge in [0.1, 0.15) is 5.75 Å². The number of nitrogens with zero attached hydrogens (tertiary/aromatic N) is 1. The van der Waals surface area contributed by atoms with E-state index in [1.807, 2.05) is 36.6 Å². The van der Waals surface area contributed by atoms with Crippen LogP contribution in [0.25, 0.3) is 11.1 Å². The highest BCUT2D eigenvalue weighted by molar-refractivity contribution is 7.92. The lowest BCUT2D eigenvalue weighted by atomic mass is 10.0. The molecule has 0 N–H and O–H groups in total. The summed E-state index contributed by atoms with van der Waals surface area (Å²) in [6.45, 7) is 2.02. The molecular weight excluding hydrogens is 354 g/mol. The van der Waals surface area contributed by atoms with Gasteiger partial charge in [-0.15, -0.1) is 0 Å². The van der Waals surface area contributed by atoms with Crippen LogP contribution in [0.3, 0.4) is 0 Å². The van der Waals surface area contributed by atoms with E-state index in [9.17, 15) is 8.42 Å². The standard InChI is InChI=1S/C19H19NO3S2/c1-14-4-5-16(12-19(14)15-10-11-24-13-15)20(2)25(21,22)18-8-6-17(23-3)7-9-18/h4-13H,1-3H3. The van der Waals surface area contributed by atoms with Gasteiger partial charge in [-0.3, -0.25) is 4.31 Å². The zero-order chi connectivity index (χ0) is 18.0. The third kappa shape index (κ3) is 3.41. The molecule has 25 heavy (non-hydrogen) atoms. The van der Waals surface area contributed by atoms with Gasteiger partial charge in [-0.2, -0.15) is 11.3 Å². The van der Waals surface area contributed by atoms with E-state index in [0.717, 1.165) is 16.7 Å². The maximum atomic E-state index is 12.9. The first kappa shape index (κ1) is 17.5. The van der Waals surface area contributed by atoms with Crippen LogP contribution in [0.4, 0.5) is 5.69 Å². The minimum Gasteiger partial charge on any atom is -0.497 e. The topological polar surface area (TPSA) is 46.6 Å². The third-order valence-electron chi connectivity index (χ3n) is 4.13. The molecule has 2 aromatic carbocycles. The molecule has 0 unspecified atom stereocenters. The second-order valence-electron chi connectivity index (χ2n) is 5.66. The molecule has 0 aliphatic carbocycles. The van der Waals surface area contributed by atoms with E-state index in [-0.39, 0.29) is 4.90 Å². The van der Waals surface area contributed by atoms with E-state index in [4.69, 9.17) is 4.74 Å². The summed E-state index contributed by atoms with van der Waals surface area (Å²) in [4.78, 5) is 0.230. The van der Waals surface area contributed by atoms with Crippen molar-refractivity contribution in [1.29, 1.82) is 0 Å². The summed E-state index contributed by atoms with van der Waals surface area (Å²) >= 11 is 1.62. The van der Waals surface area contributed by atoms with Crippen LogP contribution in [0.2, 0.25) is 0 Å². The van der Waals surface area contributed by atoms with Crippen molar-refractivity contribution in [2.45, 2.75) is 11.8 Å². The van der Waals surface area contributed by atoms with Crippen molar-refractivity contribution in [3.63, 3.8) is 0 Å². The Labute approximate surface area is 152 Å². The van der Waals surface area contributed by atoms with E-state index >= 15 is 0 Å². The Hall–Kier alpha value is -2.31. The molecule has 6 heteroatoms. The van der Waals surface area contributed by atoms with E-state index in [0.29, 0.717) is 11.4 Å². The Balaban J connectivity index is 1.99. The average Bonchev–Trinajstić information content (AvgIpc) is 3.16. The first-order valence-electron chi connectivity index (χ1n) is 7.69. The van der Waals surface area contributed by atoms with Crippen molar-refractivity contribution >= 4 is 27.0 Å². The summed E-state index contributed by atoms with van der Waals surface area (Å²) in [5.74, 6) is 0.622. The van der Waals surface area contributed by atoms with Gasteiger partial charge in [-0.1, -0.05) is 6.07 Å². The van der Waals surface area contributed by atoms with Crippen LogP contribution in [0.15, 0.2) is 64.2 Å². The first-order valence-corrected chi connectivity index (χ1v) is 10.1. The molecule has 1 aromatic heterocycles. The van der Waals surface area contributed by atoms with Gasteiger partial charge in [0.25, 0.3) is 10.0 Å². The minimum atomic E-state index is -3.64. The van der Waals surface area contributed by atoms with Crippen LogP contribution >= 0.6 is 11.3 Å². The maximum Gasteiger partial charge on any atom is 0.264 e. The molecule has 0 saturated heterocycles. The number of aryl methyl sites for hydroxylation is 1. The predicted molar refractivity (Wildman–Crippen MR) is 103 cm³/mol. The SMILES string of the molecule is COc1ccc(S(=O)(=O)N(C)c2ccc(C)c(-c3ccsc3)c2)cc1. The highest BCUT2D eigenvalue weighted by Crippen LogP contribution is 2.31. The summed E-state index contributed by atoms with van der Waals surface area (Å²) in [6, 6.07) is 14.1. The van der Waals surface area contributed by atoms with Crippen molar-refractivity contribution in [2.24, 2.45) is 0 Å². The van der Waals surface area contributed by atoms with Crippen LogP contribution in [-0.4, -0.2) is 22.6 Å². The molecule has 4 nitrogen and oxygen atoms in total. The summed E-state index contributed by atoms with van der Waals surface area (Å²) < 4.78 is 32.2. The minimum absolute atomic E-state index is 0.230. The van der Waals surface area contributed by atoms with Gasteiger partial charge < -0.3 is 4.74 Å². The highest BCUT2D eigenvalue weighted by atomic mass is 32.2. The monoisotopic (exact) mass is 373 g/mol. The molecule has 0 aliphatic heterocycles. The van der Waals surface area contributed by atoms with E-state index in [2.05, 4.69) is 5.38 Å². The zero-order valence-electron chi connectivity index (χ0n) is 14.3. The van der Waals surface area contributed by atoms with Crippen LogP contribution in [-0.2, 0) is 10.0 Å². The van der Waals surface area contributed by atoms with Gasteiger partial charge in [-0.05, 0) is 76.8 Å². The molecule has 0 spiro atoms. The Kier molecular flexibility index (Phi) is 4.83. The lowest BCUT2D eigenvalue weighted by Crippen LogP contribution is -2.26. The molecular formula is C19H19NO3S2. The van der Waals surface area contributed by atoms with E-state index in [1.165, 1.54) is 4.31 Å². The average molecular weight is 373 g/mol. The zero-order valence-corrected chi connectivity index (χ0v) is 15.9. The van der Waals surface area contributed by atoms with Gasteiger partial charge in [0.2, 0.25) is 0 Å². The molecule has 3 aromatic rings. The Morgan fingerprint density at radius 3 is 2.36 bits per heavy atom. The number of hydrogen-bond acceptors (Lipinski definition) is 4. The Morgan fingerprint density at radius 1 is 1.04 bits per heavy atom. The fraction of sp³-hybridized carbons (Fsp3) is 0.158. The maximum absolute atomic E-state index is 12.9. The Morgan fingerprint density at radius 2 is 1.76 bits per heavy atom. The molecule has 0 amide bonds. The molecule has 0 saturated carbocycles. The lowest BCUT2D eigenvalue weighted by Gasteiger charge is -2.21. The largest absolute Gasteiger partial charge is 0.497 e. The predicted octanol–water partition coefficient (Wildman–Crippen LogP) is 4.56. The number of thiophene rings is 1. The van der Waals surface area contributed by atoms with Gasteiger partial charge in [-0.25, -0.2) is 8.42 Å². The fourth-order valence-corrected chi connectivity index (χ4v) is 4.42. The molecule has 0 fully saturated rings. The van der Waals surface area contributed by atoms with Gasteiger partial charge >= 0.3 is 0 Å². The number of ether oxygens (including phenoxy) is 1. The van der Waals surface area contributed by atoms with Crippen molar-refractivity contribution in [2.75, 3.05) is 18.5 Å². The number of methoxy groups -OCH3 is 1. The number of sulfonamides is 1. The van der Waals surface area contributed by atoms with E-state index in [1.54, 1.807) is 49.8 Å². The second kappa shape index (κ2) is 6.90. The molecule has 0 radical (unpaired) electrons. The first-order chi connectivity index (χ1) is 11.9. The van der Waals surface area contributed by atoms with Crippen LogP contribution < -0.4 is 9.04 Å². The van der Waals surface area contributed by atoms with Crippen LogP contribution in [0.1, 0.15) is 5.56 Å². The van der Waals surface area contributed by atoms with Crippen LogP contribution in [0, 0.1) is 6.92 Å². The van der Waals surface area contributed by atoms with Crippen molar-refractivity contribution in [3.8, 4) is 16.9 Å². The summed E-state index contributed by atoms with van der Waals surface area (Å²) in [5.41, 5.74) is 3.87. The number of anilines is 1. The van der Waals surface area contributed by atoms with Gasteiger partial charge in [0.05, 0.1) is 17.7 Å². The highest BCUT2D eigenvalue weighted by Gasteiger charge is 2.22. The second-order valence-corrected chi connectivity index (χ2v) is 8.41. The molecule has 3 rings (SSSR count). The number of rotatable bonds is 5.